The molecule has 1 saturated heterocycles. The summed E-state index contributed by atoms with van der Waals surface area (Å²) < 4.78 is 1.40. The van der Waals surface area contributed by atoms with Gasteiger partial charge in [0, 0.05) is 13.1 Å². The van der Waals surface area contributed by atoms with E-state index in [-0.39, 0.29) is 11.6 Å². The predicted octanol–water partition coefficient (Wildman–Crippen LogP) is 1.25. The second kappa shape index (κ2) is 6.02. The van der Waals surface area contributed by atoms with E-state index in [4.69, 9.17) is 5.11 Å². The first-order valence-electron chi connectivity index (χ1n) is 6.96. The molecular weight excluding hydrogens is 260 g/mol. The summed E-state index contributed by atoms with van der Waals surface area (Å²) in [7, 11) is 0. The number of nitrogens with zero attached hydrogens (tertiary/aromatic N) is 4. The van der Waals surface area contributed by atoms with Crippen LogP contribution in [0.4, 0.5) is 0 Å². The first kappa shape index (κ1) is 14.5. The third-order valence-corrected chi connectivity index (χ3v) is 3.77. The molecule has 1 fully saturated rings. The lowest BCUT2D eigenvalue weighted by atomic mass is 10.2. The van der Waals surface area contributed by atoms with Crippen molar-refractivity contribution < 1.29 is 14.7 Å². The molecule has 2 rings (SSSR count). The smallest absolute Gasteiger partial charge is 0.358 e. The highest BCUT2D eigenvalue weighted by atomic mass is 16.4. The molecule has 1 unspecified atom stereocenters. The number of hydrogen-bond donors (Lipinski definition) is 1. The molecule has 0 aliphatic carbocycles. The molecule has 1 aliphatic heterocycles. The molecule has 1 amide bonds. The number of amides is 1. The Bertz CT molecular complexity index is 504. The van der Waals surface area contributed by atoms with Gasteiger partial charge in [-0.1, -0.05) is 18.1 Å². The number of carbonyl (C=O) groups excluding carboxylic acids is 1. The highest BCUT2D eigenvalue weighted by Gasteiger charge is 2.26. The Morgan fingerprint density at radius 3 is 2.30 bits per heavy atom. The maximum absolute atomic E-state index is 12.5. The lowest BCUT2D eigenvalue weighted by Gasteiger charge is -2.24. The number of hydrogen-bond acceptors (Lipinski definition) is 4. The van der Waals surface area contributed by atoms with E-state index in [1.165, 1.54) is 4.68 Å². The molecule has 1 aromatic heterocycles. The van der Waals surface area contributed by atoms with Crippen LogP contribution in [-0.2, 0) is 4.79 Å². The summed E-state index contributed by atoms with van der Waals surface area (Å²) in [4.78, 5) is 25.3. The van der Waals surface area contributed by atoms with Crippen LogP contribution in [-0.4, -0.2) is 50.0 Å². The summed E-state index contributed by atoms with van der Waals surface area (Å²) in [5.74, 6) is -1.14. The number of rotatable bonds is 3. The first-order chi connectivity index (χ1) is 9.52. The Morgan fingerprint density at radius 1 is 1.20 bits per heavy atom. The fourth-order valence-electron chi connectivity index (χ4n) is 2.57. The molecule has 0 aromatic carbocycles. The van der Waals surface area contributed by atoms with Crippen LogP contribution >= 0.6 is 0 Å². The van der Waals surface area contributed by atoms with Crippen molar-refractivity contribution in [3.63, 3.8) is 0 Å². The second-order valence-corrected chi connectivity index (χ2v) is 5.19. The number of carboxylic acids is 1. The van der Waals surface area contributed by atoms with Gasteiger partial charge in [0.05, 0.1) is 5.69 Å². The zero-order chi connectivity index (χ0) is 14.7. The van der Waals surface area contributed by atoms with Crippen LogP contribution in [0.5, 0.6) is 0 Å². The molecule has 110 valence electrons. The molecular formula is C13H20N4O3. The van der Waals surface area contributed by atoms with Gasteiger partial charge in [0.25, 0.3) is 0 Å². The lowest BCUT2D eigenvalue weighted by Crippen LogP contribution is -2.37. The summed E-state index contributed by atoms with van der Waals surface area (Å²) in [6.45, 7) is 4.89. The van der Waals surface area contributed by atoms with E-state index in [0.29, 0.717) is 5.69 Å². The summed E-state index contributed by atoms with van der Waals surface area (Å²) in [6, 6.07) is -0.520. The largest absolute Gasteiger partial charge is 0.476 e. The van der Waals surface area contributed by atoms with Gasteiger partial charge < -0.3 is 10.0 Å². The van der Waals surface area contributed by atoms with Gasteiger partial charge in [-0.05, 0) is 26.7 Å². The monoisotopic (exact) mass is 280 g/mol. The summed E-state index contributed by atoms with van der Waals surface area (Å²) in [6.07, 6.45) is 4.36. The van der Waals surface area contributed by atoms with Gasteiger partial charge in [0.2, 0.25) is 5.91 Å². The third kappa shape index (κ3) is 2.81. The Hall–Kier alpha value is -1.92. The van der Waals surface area contributed by atoms with Crippen LogP contribution in [0.15, 0.2) is 0 Å². The van der Waals surface area contributed by atoms with Gasteiger partial charge in [0.1, 0.15) is 6.04 Å². The quantitative estimate of drug-likeness (QED) is 0.900. The number of aromatic nitrogens is 3. The second-order valence-electron chi connectivity index (χ2n) is 5.19. The topological polar surface area (TPSA) is 88.3 Å². The number of carbonyl (C=O) groups is 2. The first-order valence-corrected chi connectivity index (χ1v) is 6.96. The lowest BCUT2D eigenvalue weighted by molar-refractivity contribution is -0.134. The summed E-state index contributed by atoms with van der Waals surface area (Å²) >= 11 is 0. The number of aromatic carboxylic acids is 1. The van der Waals surface area contributed by atoms with Gasteiger partial charge in [-0.15, -0.1) is 5.10 Å². The van der Waals surface area contributed by atoms with E-state index in [1.807, 2.05) is 4.90 Å². The van der Waals surface area contributed by atoms with E-state index in [1.54, 1.807) is 13.8 Å². The third-order valence-electron chi connectivity index (χ3n) is 3.77. The van der Waals surface area contributed by atoms with Gasteiger partial charge in [0.15, 0.2) is 5.69 Å². The van der Waals surface area contributed by atoms with Gasteiger partial charge >= 0.3 is 5.97 Å². The molecule has 2 heterocycles. The fraction of sp³-hybridized carbons (Fsp3) is 0.692. The molecule has 0 radical (unpaired) electrons. The Labute approximate surface area is 117 Å². The molecule has 1 N–H and O–H groups in total. The fourth-order valence-corrected chi connectivity index (χ4v) is 2.57. The van der Waals surface area contributed by atoms with E-state index in [0.717, 1.165) is 38.8 Å². The van der Waals surface area contributed by atoms with E-state index in [9.17, 15) is 9.59 Å². The van der Waals surface area contributed by atoms with Crippen LogP contribution in [0.2, 0.25) is 0 Å². The van der Waals surface area contributed by atoms with Crippen molar-refractivity contribution in [3.8, 4) is 0 Å². The summed E-state index contributed by atoms with van der Waals surface area (Å²) in [5, 5.41) is 16.4. The van der Waals surface area contributed by atoms with Gasteiger partial charge in [-0.2, -0.15) is 0 Å². The predicted molar refractivity (Wildman–Crippen MR) is 71.5 cm³/mol. The Morgan fingerprint density at radius 2 is 1.80 bits per heavy atom. The highest BCUT2D eigenvalue weighted by molar-refractivity contribution is 5.86. The van der Waals surface area contributed by atoms with Crippen LogP contribution in [0.3, 0.4) is 0 Å². The molecule has 0 bridgehead atoms. The molecule has 1 aliphatic rings. The zero-order valence-corrected chi connectivity index (χ0v) is 11.9. The van der Waals surface area contributed by atoms with Crippen molar-refractivity contribution in [1.29, 1.82) is 0 Å². The molecule has 1 aromatic rings. The minimum absolute atomic E-state index is 0.0168. The minimum atomic E-state index is -1.12. The van der Waals surface area contributed by atoms with E-state index < -0.39 is 12.0 Å². The van der Waals surface area contributed by atoms with Crippen molar-refractivity contribution in [2.45, 2.75) is 45.6 Å². The molecule has 7 heteroatoms. The number of carboxylic acid groups (broad SMARTS) is 1. The average Bonchev–Trinajstić information content (AvgIpc) is 2.65. The SMILES string of the molecule is Cc1c(C(=O)O)nnn1C(C)C(=O)N1CCCCCC1. The molecule has 0 saturated carbocycles. The van der Waals surface area contributed by atoms with E-state index >= 15 is 0 Å². The maximum Gasteiger partial charge on any atom is 0.358 e. The molecule has 0 spiro atoms. The van der Waals surface area contributed by atoms with Gasteiger partial charge in [-0.3, -0.25) is 4.79 Å². The van der Waals surface area contributed by atoms with Crippen molar-refractivity contribution in [3.05, 3.63) is 11.4 Å². The van der Waals surface area contributed by atoms with Crippen LogP contribution < -0.4 is 0 Å². The standard InChI is InChI=1S/C13H20N4O3/c1-9-11(13(19)20)14-15-17(9)10(2)12(18)16-7-5-3-4-6-8-16/h10H,3-8H2,1-2H3,(H,19,20). The van der Waals surface area contributed by atoms with Crippen molar-refractivity contribution in [2.75, 3.05) is 13.1 Å². The molecule has 1 atom stereocenters. The van der Waals surface area contributed by atoms with Crippen molar-refractivity contribution >= 4 is 11.9 Å². The summed E-state index contributed by atoms with van der Waals surface area (Å²) in [5.41, 5.74) is 0.314. The Kier molecular flexibility index (Phi) is 4.36. The average molecular weight is 280 g/mol. The molecule has 7 nitrogen and oxygen atoms in total. The van der Waals surface area contributed by atoms with Crippen molar-refractivity contribution in [1.82, 2.24) is 19.9 Å². The van der Waals surface area contributed by atoms with Crippen LogP contribution in [0, 0.1) is 6.92 Å². The highest BCUT2D eigenvalue weighted by Crippen LogP contribution is 2.17. The Balaban J connectivity index is 2.15. The maximum atomic E-state index is 12.5. The zero-order valence-electron chi connectivity index (χ0n) is 11.9. The normalized spacial score (nSPS) is 17.6. The van der Waals surface area contributed by atoms with E-state index in [2.05, 4.69) is 10.3 Å². The van der Waals surface area contributed by atoms with Gasteiger partial charge in [-0.25, -0.2) is 9.48 Å². The van der Waals surface area contributed by atoms with Crippen LogP contribution in [0.25, 0.3) is 0 Å². The minimum Gasteiger partial charge on any atom is -0.476 e. The molecule has 20 heavy (non-hydrogen) atoms. The number of likely N-dealkylation sites (tertiary alicyclic amines) is 1. The van der Waals surface area contributed by atoms with Crippen molar-refractivity contribution in [2.24, 2.45) is 0 Å². The van der Waals surface area contributed by atoms with Crippen LogP contribution in [0.1, 0.15) is 54.8 Å².